The number of aliphatic hydroxyl groups excluding tert-OH is 1. The molecule has 2 heterocycles. The van der Waals surface area contributed by atoms with Gasteiger partial charge in [0.1, 0.15) is 5.58 Å². The second-order valence-corrected chi connectivity index (χ2v) is 7.60. The maximum atomic E-state index is 13.4. The molecule has 1 aliphatic rings. The van der Waals surface area contributed by atoms with Crippen LogP contribution >= 0.6 is 11.6 Å². The first-order chi connectivity index (χ1) is 13.4. The van der Waals surface area contributed by atoms with Crippen LogP contribution in [0, 0.1) is 13.8 Å². The van der Waals surface area contributed by atoms with E-state index < -0.39 is 6.04 Å². The molecule has 0 saturated heterocycles. The quantitative estimate of drug-likeness (QED) is 0.722. The maximum Gasteiger partial charge on any atom is 0.290 e. The minimum Gasteiger partial charge on any atom is -0.450 e. The van der Waals surface area contributed by atoms with E-state index in [0.29, 0.717) is 34.5 Å². The van der Waals surface area contributed by atoms with E-state index in [1.807, 2.05) is 26.0 Å². The molecular formula is C22H20ClNO4. The fraction of sp³-hybridized carbons (Fsp3) is 0.273. The van der Waals surface area contributed by atoms with E-state index >= 15 is 0 Å². The van der Waals surface area contributed by atoms with Crippen molar-refractivity contribution in [2.45, 2.75) is 26.3 Å². The Bertz CT molecular complexity index is 1150. The van der Waals surface area contributed by atoms with Crippen molar-refractivity contribution in [3.05, 3.63) is 79.7 Å². The molecule has 1 unspecified atom stereocenters. The lowest BCUT2D eigenvalue weighted by Gasteiger charge is -2.25. The highest BCUT2D eigenvalue weighted by Crippen LogP contribution is 2.39. The summed E-state index contributed by atoms with van der Waals surface area (Å²) in [5.41, 5.74) is 3.09. The van der Waals surface area contributed by atoms with Crippen LogP contribution in [0.4, 0.5) is 0 Å². The summed E-state index contributed by atoms with van der Waals surface area (Å²) in [6.45, 7) is 4.04. The van der Waals surface area contributed by atoms with Gasteiger partial charge in [0.2, 0.25) is 5.76 Å². The van der Waals surface area contributed by atoms with Gasteiger partial charge in [0.15, 0.2) is 5.43 Å². The third-order valence-electron chi connectivity index (χ3n) is 5.12. The largest absolute Gasteiger partial charge is 0.450 e. The zero-order valence-electron chi connectivity index (χ0n) is 15.7. The van der Waals surface area contributed by atoms with E-state index in [9.17, 15) is 14.7 Å². The van der Waals surface area contributed by atoms with Crippen LogP contribution in [0.2, 0.25) is 5.02 Å². The minimum atomic E-state index is -0.589. The zero-order valence-corrected chi connectivity index (χ0v) is 16.4. The highest BCUT2D eigenvalue weighted by molar-refractivity contribution is 6.30. The molecule has 1 amide bonds. The summed E-state index contributed by atoms with van der Waals surface area (Å²) in [6.07, 6.45) is 0.405. The van der Waals surface area contributed by atoms with Crippen molar-refractivity contribution in [3.63, 3.8) is 0 Å². The molecule has 6 heteroatoms. The molecule has 1 aliphatic heterocycles. The number of hydrogen-bond acceptors (Lipinski definition) is 4. The Labute approximate surface area is 167 Å². The molecule has 144 valence electrons. The van der Waals surface area contributed by atoms with Crippen LogP contribution in [-0.4, -0.2) is 29.1 Å². The van der Waals surface area contributed by atoms with Gasteiger partial charge in [0, 0.05) is 18.2 Å². The highest BCUT2D eigenvalue weighted by Gasteiger charge is 2.42. The number of halogens is 1. The average molecular weight is 398 g/mol. The predicted molar refractivity (Wildman–Crippen MR) is 108 cm³/mol. The molecule has 1 atom stereocenters. The average Bonchev–Trinajstić information content (AvgIpc) is 2.93. The van der Waals surface area contributed by atoms with E-state index in [0.717, 1.165) is 16.7 Å². The third-order valence-corrected chi connectivity index (χ3v) is 5.35. The monoisotopic (exact) mass is 397 g/mol. The number of fused-ring (bicyclic) bond motifs is 2. The summed E-state index contributed by atoms with van der Waals surface area (Å²) in [5, 5.41) is 10.3. The summed E-state index contributed by atoms with van der Waals surface area (Å²) in [7, 11) is 0. The summed E-state index contributed by atoms with van der Waals surface area (Å²) in [6, 6.07) is 10.3. The molecule has 28 heavy (non-hydrogen) atoms. The summed E-state index contributed by atoms with van der Waals surface area (Å²) < 4.78 is 5.99. The third kappa shape index (κ3) is 2.91. The molecule has 0 radical (unpaired) electrons. The zero-order chi connectivity index (χ0) is 20.0. The molecule has 0 fully saturated rings. The second kappa shape index (κ2) is 7.08. The van der Waals surface area contributed by atoms with E-state index in [1.165, 1.54) is 0 Å². The van der Waals surface area contributed by atoms with Crippen molar-refractivity contribution in [1.29, 1.82) is 0 Å². The van der Waals surface area contributed by atoms with Crippen molar-refractivity contribution in [1.82, 2.24) is 4.90 Å². The lowest BCUT2D eigenvalue weighted by Crippen LogP contribution is -2.31. The van der Waals surface area contributed by atoms with Crippen LogP contribution in [0.5, 0.6) is 0 Å². The summed E-state index contributed by atoms with van der Waals surface area (Å²) in [4.78, 5) is 28.1. The van der Waals surface area contributed by atoms with Crippen molar-refractivity contribution >= 4 is 28.5 Å². The van der Waals surface area contributed by atoms with Crippen molar-refractivity contribution in [2.24, 2.45) is 0 Å². The number of nitrogens with zero attached hydrogens (tertiary/aromatic N) is 1. The normalized spacial score (nSPS) is 16.1. The topological polar surface area (TPSA) is 70.8 Å². The van der Waals surface area contributed by atoms with E-state index in [1.54, 1.807) is 29.2 Å². The lowest BCUT2D eigenvalue weighted by atomic mass is 9.97. The van der Waals surface area contributed by atoms with Gasteiger partial charge in [-0.25, -0.2) is 0 Å². The highest BCUT2D eigenvalue weighted by atomic mass is 35.5. The predicted octanol–water partition coefficient (Wildman–Crippen LogP) is 3.99. The molecule has 0 spiro atoms. The van der Waals surface area contributed by atoms with Gasteiger partial charge in [-0.1, -0.05) is 29.8 Å². The van der Waals surface area contributed by atoms with Crippen LogP contribution in [0.15, 0.2) is 45.6 Å². The van der Waals surface area contributed by atoms with Crippen molar-refractivity contribution in [2.75, 3.05) is 13.2 Å². The lowest BCUT2D eigenvalue weighted by molar-refractivity contribution is 0.0716. The smallest absolute Gasteiger partial charge is 0.290 e. The van der Waals surface area contributed by atoms with Gasteiger partial charge >= 0.3 is 0 Å². The van der Waals surface area contributed by atoms with Crippen LogP contribution in [0.1, 0.15) is 45.3 Å². The van der Waals surface area contributed by atoms with Gasteiger partial charge in [-0.3, -0.25) is 9.59 Å². The second-order valence-electron chi connectivity index (χ2n) is 7.17. The fourth-order valence-corrected chi connectivity index (χ4v) is 4.17. The molecule has 3 aromatic rings. The van der Waals surface area contributed by atoms with Gasteiger partial charge < -0.3 is 14.4 Å². The molecule has 1 N–H and O–H groups in total. The Balaban J connectivity index is 2.01. The first-order valence-electron chi connectivity index (χ1n) is 9.17. The van der Waals surface area contributed by atoms with Gasteiger partial charge in [-0.05, 0) is 55.2 Å². The SMILES string of the molecule is Cc1cc(C)c2oc3c(c(=O)c2c1)C(c1cccc(Cl)c1)N(CCCO)C3=O. The van der Waals surface area contributed by atoms with E-state index in [4.69, 9.17) is 16.0 Å². The Morgan fingerprint density at radius 2 is 1.96 bits per heavy atom. The number of rotatable bonds is 4. The van der Waals surface area contributed by atoms with Crippen LogP contribution < -0.4 is 5.43 Å². The minimum absolute atomic E-state index is 0.0515. The molecule has 2 aromatic carbocycles. The number of carbonyl (C=O) groups excluding carboxylic acids is 1. The van der Waals surface area contributed by atoms with E-state index in [2.05, 4.69) is 0 Å². The number of carbonyl (C=O) groups is 1. The molecule has 5 nitrogen and oxygen atoms in total. The number of hydrogen-bond donors (Lipinski definition) is 1. The first-order valence-corrected chi connectivity index (χ1v) is 9.55. The number of benzene rings is 2. The molecule has 0 bridgehead atoms. The molecule has 0 saturated carbocycles. The molecule has 0 aliphatic carbocycles. The van der Waals surface area contributed by atoms with Gasteiger partial charge in [-0.15, -0.1) is 0 Å². The number of aryl methyl sites for hydroxylation is 2. The Morgan fingerprint density at radius 1 is 1.18 bits per heavy atom. The Kier molecular flexibility index (Phi) is 4.73. The standard InChI is InChI=1S/C22H20ClNO4/c1-12-9-13(2)20-16(10-12)19(26)17-18(14-5-3-6-15(23)11-14)24(7-4-8-25)22(27)21(17)28-20/h3,5-6,9-11,18,25H,4,7-8H2,1-2H3. The van der Waals surface area contributed by atoms with Crippen LogP contribution in [-0.2, 0) is 0 Å². The molecular weight excluding hydrogens is 378 g/mol. The van der Waals surface area contributed by atoms with Crippen LogP contribution in [0.3, 0.4) is 0 Å². The van der Waals surface area contributed by atoms with Gasteiger partial charge in [0.05, 0.1) is 17.0 Å². The van der Waals surface area contributed by atoms with Crippen molar-refractivity contribution < 1.29 is 14.3 Å². The van der Waals surface area contributed by atoms with Crippen molar-refractivity contribution in [3.8, 4) is 0 Å². The fourth-order valence-electron chi connectivity index (χ4n) is 3.97. The molecule has 4 rings (SSSR count). The van der Waals surface area contributed by atoms with Gasteiger partial charge in [-0.2, -0.15) is 0 Å². The Hall–Kier alpha value is -2.63. The number of amides is 1. The number of aliphatic hydroxyl groups is 1. The molecule has 1 aromatic heterocycles. The summed E-state index contributed by atoms with van der Waals surface area (Å²) in [5.74, 6) is -0.264. The van der Waals surface area contributed by atoms with E-state index in [-0.39, 0.29) is 23.7 Å². The Morgan fingerprint density at radius 3 is 2.68 bits per heavy atom. The maximum absolute atomic E-state index is 13.4. The first kappa shape index (κ1) is 18.7. The van der Waals surface area contributed by atoms with Gasteiger partial charge in [0.25, 0.3) is 5.91 Å². The summed E-state index contributed by atoms with van der Waals surface area (Å²) >= 11 is 6.17. The van der Waals surface area contributed by atoms with Crippen LogP contribution in [0.25, 0.3) is 11.0 Å².